The minimum atomic E-state index is -3.60. The molecular formula is C18H21N5O3S. The predicted molar refractivity (Wildman–Crippen MR) is 101 cm³/mol. The van der Waals surface area contributed by atoms with Crippen LogP contribution in [0.5, 0.6) is 0 Å². The zero-order chi connectivity index (χ0) is 19.6. The highest BCUT2D eigenvalue weighted by Gasteiger charge is 2.21. The van der Waals surface area contributed by atoms with Gasteiger partial charge >= 0.3 is 0 Å². The molecule has 1 N–H and O–H groups in total. The number of sulfonamides is 1. The average Bonchev–Trinajstić information content (AvgIpc) is 3.29. The molecule has 3 rings (SSSR count). The number of nitrogens with one attached hydrogen (secondary N) is 1. The average molecular weight is 387 g/mol. The topological polar surface area (TPSA) is 89.2 Å². The van der Waals surface area contributed by atoms with Crippen LogP contribution in [0.2, 0.25) is 0 Å². The van der Waals surface area contributed by atoms with Crippen molar-refractivity contribution < 1.29 is 13.2 Å². The van der Waals surface area contributed by atoms with Crippen LogP contribution < -0.4 is 4.72 Å². The lowest BCUT2D eigenvalue weighted by molar-refractivity contribution is 0.0775. The van der Waals surface area contributed by atoms with E-state index in [1.165, 1.54) is 28.8 Å². The van der Waals surface area contributed by atoms with Gasteiger partial charge in [0.15, 0.2) is 0 Å². The fraction of sp³-hybridized carbons (Fsp3) is 0.222. The standard InChI is InChI=1S/C18H21N5O3S/c1-19-27(25,26)16-9-17(21(2)13-16)18(24)22(3)11-14-10-20-23(12-14)15-7-5-4-6-8-15/h4-10,12-13,19H,11H2,1-3H3. The molecule has 0 aliphatic heterocycles. The lowest BCUT2D eigenvalue weighted by Gasteiger charge is -2.16. The summed E-state index contributed by atoms with van der Waals surface area (Å²) >= 11 is 0. The van der Waals surface area contributed by atoms with Crippen molar-refractivity contribution in [1.82, 2.24) is 24.0 Å². The second kappa shape index (κ2) is 7.37. The Morgan fingerprint density at radius 2 is 1.93 bits per heavy atom. The third kappa shape index (κ3) is 3.93. The number of aryl methyl sites for hydroxylation is 1. The maximum absolute atomic E-state index is 12.7. The van der Waals surface area contributed by atoms with Gasteiger partial charge in [-0.3, -0.25) is 4.79 Å². The molecule has 3 aromatic rings. The lowest BCUT2D eigenvalue weighted by atomic mass is 10.3. The quantitative estimate of drug-likeness (QED) is 0.692. The molecule has 0 unspecified atom stereocenters. The van der Waals surface area contributed by atoms with E-state index in [4.69, 9.17) is 0 Å². The highest BCUT2D eigenvalue weighted by molar-refractivity contribution is 7.89. The Morgan fingerprint density at radius 3 is 2.59 bits per heavy atom. The maximum Gasteiger partial charge on any atom is 0.270 e. The highest BCUT2D eigenvalue weighted by atomic mass is 32.2. The first-order valence-corrected chi connectivity index (χ1v) is 9.74. The predicted octanol–water partition coefficient (Wildman–Crippen LogP) is 1.39. The summed E-state index contributed by atoms with van der Waals surface area (Å²) in [5, 5.41) is 4.32. The molecule has 0 spiro atoms. The van der Waals surface area contributed by atoms with E-state index in [0.29, 0.717) is 12.2 Å². The van der Waals surface area contributed by atoms with Crippen molar-refractivity contribution in [2.45, 2.75) is 11.4 Å². The largest absolute Gasteiger partial charge is 0.345 e. The first-order chi connectivity index (χ1) is 12.8. The van der Waals surface area contributed by atoms with Gasteiger partial charge in [-0.2, -0.15) is 5.10 Å². The molecule has 0 atom stereocenters. The molecule has 27 heavy (non-hydrogen) atoms. The Labute approximate surface area is 158 Å². The van der Waals surface area contributed by atoms with E-state index in [1.54, 1.807) is 25.0 Å². The van der Waals surface area contributed by atoms with Crippen molar-refractivity contribution in [3.63, 3.8) is 0 Å². The minimum Gasteiger partial charge on any atom is -0.345 e. The number of aromatic nitrogens is 3. The van der Waals surface area contributed by atoms with Gasteiger partial charge in [-0.05, 0) is 25.2 Å². The fourth-order valence-electron chi connectivity index (χ4n) is 2.72. The van der Waals surface area contributed by atoms with Crippen molar-refractivity contribution in [3.8, 4) is 5.69 Å². The molecule has 0 saturated heterocycles. The second-order valence-electron chi connectivity index (χ2n) is 6.17. The van der Waals surface area contributed by atoms with E-state index in [2.05, 4.69) is 9.82 Å². The van der Waals surface area contributed by atoms with E-state index in [-0.39, 0.29) is 10.8 Å². The molecule has 8 nitrogen and oxygen atoms in total. The highest BCUT2D eigenvalue weighted by Crippen LogP contribution is 2.16. The van der Waals surface area contributed by atoms with Gasteiger partial charge in [0.05, 0.1) is 11.9 Å². The number of hydrogen-bond acceptors (Lipinski definition) is 4. The number of carbonyl (C=O) groups excluding carboxylic acids is 1. The molecule has 0 saturated carbocycles. The maximum atomic E-state index is 12.7. The summed E-state index contributed by atoms with van der Waals surface area (Å²) in [7, 11) is 1.04. The Morgan fingerprint density at radius 1 is 1.22 bits per heavy atom. The first-order valence-electron chi connectivity index (χ1n) is 8.26. The van der Waals surface area contributed by atoms with Crippen molar-refractivity contribution in [2.75, 3.05) is 14.1 Å². The van der Waals surface area contributed by atoms with E-state index in [0.717, 1.165) is 11.3 Å². The molecule has 0 fully saturated rings. The van der Waals surface area contributed by atoms with Gasteiger partial charge in [0.2, 0.25) is 10.0 Å². The number of rotatable bonds is 6. The van der Waals surface area contributed by atoms with Gasteiger partial charge in [-0.1, -0.05) is 18.2 Å². The minimum absolute atomic E-state index is 0.0566. The summed E-state index contributed by atoms with van der Waals surface area (Å²) in [5.41, 5.74) is 2.09. The summed E-state index contributed by atoms with van der Waals surface area (Å²) in [4.78, 5) is 14.3. The number of hydrogen-bond donors (Lipinski definition) is 1. The van der Waals surface area contributed by atoms with Gasteiger partial charge in [-0.15, -0.1) is 0 Å². The normalized spacial score (nSPS) is 11.5. The summed E-state index contributed by atoms with van der Waals surface area (Å²) < 4.78 is 29.4. The van der Waals surface area contributed by atoms with E-state index in [9.17, 15) is 13.2 Å². The van der Waals surface area contributed by atoms with Crippen molar-refractivity contribution >= 4 is 15.9 Å². The van der Waals surface area contributed by atoms with E-state index in [1.807, 2.05) is 36.5 Å². The second-order valence-corrected chi connectivity index (χ2v) is 8.06. The third-order valence-corrected chi connectivity index (χ3v) is 5.58. The molecule has 0 radical (unpaired) electrons. The molecule has 142 valence electrons. The van der Waals surface area contributed by atoms with Crippen LogP contribution in [0.1, 0.15) is 16.1 Å². The SMILES string of the molecule is CNS(=O)(=O)c1cc(C(=O)N(C)Cc2cnn(-c3ccccc3)c2)n(C)c1. The molecule has 1 amide bonds. The Balaban J connectivity index is 1.76. The van der Waals surface area contributed by atoms with Crippen LogP contribution in [-0.2, 0) is 23.6 Å². The molecule has 2 heterocycles. The van der Waals surface area contributed by atoms with Crippen LogP contribution in [0, 0.1) is 0 Å². The zero-order valence-corrected chi connectivity index (χ0v) is 16.1. The van der Waals surface area contributed by atoms with Gasteiger partial charge < -0.3 is 9.47 Å². The number of para-hydroxylation sites is 1. The summed E-state index contributed by atoms with van der Waals surface area (Å²) in [6, 6.07) is 11.1. The van der Waals surface area contributed by atoms with Crippen molar-refractivity contribution in [3.05, 3.63) is 66.2 Å². The van der Waals surface area contributed by atoms with Crippen LogP contribution in [0.25, 0.3) is 5.69 Å². The Hall–Kier alpha value is -2.91. The van der Waals surface area contributed by atoms with E-state index < -0.39 is 10.0 Å². The van der Waals surface area contributed by atoms with Crippen LogP contribution in [0.3, 0.4) is 0 Å². The Bertz CT molecular complexity index is 1050. The van der Waals surface area contributed by atoms with Crippen LogP contribution in [0.4, 0.5) is 0 Å². The molecular weight excluding hydrogens is 366 g/mol. The van der Waals surface area contributed by atoms with Crippen molar-refractivity contribution in [1.29, 1.82) is 0 Å². The zero-order valence-electron chi connectivity index (χ0n) is 15.3. The summed E-state index contributed by atoms with van der Waals surface area (Å²) in [5.74, 6) is -0.275. The fourth-order valence-corrected chi connectivity index (χ4v) is 3.52. The first kappa shape index (κ1) is 18.9. The number of amides is 1. The van der Waals surface area contributed by atoms with Gasteiger partial charge in [-0.25, -0.2) is 17.8 Å². The van der Waals surface area contributed by atoms with Gasteiger partial charge in [0.25, 0.3) is 5.91 Å². The van der Waals surface area contributed by atoms with Crippen molar-refractivity contribution in [2.24, 2.45) is 7.05 Å². The monoisotopic (exact) mass is 387 g/mol. The smallest absolute Gasteiger partial charge is 0.270 e. The summed E-state index contributed by atoms with van der Waals surface area (Å²) in [6.07, 6.45) is 4.99. The number of carbonyl (C=O) groups is 1. The molecule has 1 aromatic carbocycles. The lowest BCUT2D eigenvalue weighted by Crippen LogP contribution is -2.27. The van der Waals surface area contributed by atoms with Gasteiger partial charge in [0.1, 0.15) is 10.6 Å². The molecule has 0 bridgehead atoms. The third-order valence-electron chi connectivity index (χ3n) is 4.20. The molecule has 0 aliphatic rings. The van der Waals surface area contributed by atoms with Crippen LogP contribution in [-0.4, -0.2) is 47.7 Å². The summed E-state index contributed by atoms with van der Waals surface area (Å²) in [6.45, 7) is 0.352. The molecule has 2 aromatic heterocycles. The van der Waals surface area contributed by atoms with E-state index >= 15 is 0 Å². The van der Waals surface area contributed by atoms with Crippen LogP contribution >= 0.6 is 0 Å². The van der Waals surface area contributed by atoms with Gasteiger partial charge in [0, 0.05) is 38.6 Å². The Kier molecular flexibility index (Phi) is 5.15. The number of nitrogens with zero attached hydrogens (tertiary/aromatic N) is 4. The van der Waals surface area contributed by atoms with Crippen LogP contribution in [0.15, 0.2) is 59.9 Å². The molecule has 9 heteroatoms. The number of benzene rings is 1. The molecule has 0 aliphatic carbocycles.